The lowest BCUT2D eigenvalue weighted by Gasteiger charge is -2.29. The van der Waals surface area contributed by atoms with E-state index in [9.17, 15) is 0 Å². The fourth-order valence-corrected chi connectivity index (χ4v) is 3.83. The Bertz CT molecular complexity index is 447. The van der Waals surface area contributed by atoms with Crippen molar-refractivity contribution in [3.8, 4) is 0 Å². The smallest absolute Gasteiger partial charge is 0.0624 e. The number of rotatable bonds is 4. The van der Waals surface area contributed by atoms with Gasteiger partial charge in [0, 0.05) is 5.54 Å². The zero-order valence-corrected chi connectivity index (χ0v) is 13.8. The minimum absolute atomic E-state index is 0.114. The van der Waals surface area contributed by atoms with E-state index in [1.54, 1.807) is 0 Å². The molecule has 1 aliphatic rings. The minimum atomic E-state index is -0.114. The Balaban J connectivity index is 2.05. The summed E-state index contributed by atoms with van der Waals surface area (Å²) in [4.78, 5) is 0. The summed E-state index contributed by atoms with van der Waals surface area (Å²) >= 11 is 12.4. The van der Waals surface area contributed by atoms with E-state index in [1.165, 1.54) is 32.1 Å². The molecule has 0 aromatic heterocycles. The fourth-order valence-electron chi connectivity index (χ4n) is 3.44. The Hall–Kier alpha value is -0.240. The Morgan fingerprint density at radius 2 is 2.05 bits per heavy atom. The molecule has 0 aliphatic heterocycles. The summed E-state index contributed by atoms with van der Waals surface area (Å²) in [5.74, 6) is 0.861. The van der Waals surface area contributed by atoms with Gasteiger partial charge in [0.25, 0.3) is 0 Å². The molecule has 2 N–H and O–H groups in total. The van der Waals surface area contributed by atoms with Crippen molar-refractivity contribution in [2.75, 3.05) is 0 Å². The summed E-state index contributed by atoms with van der Waals surface area (Å²) in [6.45, 7) is 2.27. The topological polar surface area (TPSA) is 26.0 Å². The molecule has 0 saturated heterocycles. The largest absolute Gasteiger partial charge is 0.325 e. The molecule has 0 amide bonds. The van der Waals surface area contributed by atoms with Crippen LogP contribution in [0.15, 0.2) is 18.2 Å². The Morgan fingerprint density at radius 1 is 1.25 bits per heavy atom. The molecular weight excluding hydrogens is 289 g/mol. The lowest BCUT2D eigenvalue weighted by Crippen LogP contribution is -2.41. The first-order chi connectivity index (χ1) is 9.54. The van der Waals surface area contributed by atoms with Gasteiger partial charge >= 0.3 is 0 Å². The predicted octanol–water partition coefficient (Wildman–Crippen LogP) is 5.61. The van der Waals surface area contributed by atoms with E-state index in [4.69, 9.17) is 28.9 Å². The van der Waals surface area contributed by atoms with Crippen molar-refractivity contribution in [3.63, 3.8) is 0 Å². The third kappa shape index (κ3) is 4.13. The van der Waals surface area contributed by atoms with E-state index in [2.05, 4.69) is 13.0 Å². The number of hydrogen-bond donors (Lipinski definition) is 1. The van der Waals surface area contributed by atoms with Gasteiger partial charge in [-0.1, -0.05) is 67.9 Å². The van der Waals surface area contributed by atoms with E-state index in [-0.39, 0.29) is 5.54 Å². The number of nitrogens with two attached hydrogens (primary N) is 1. The molecule has 112 valence electrons. The van der Waals surface area contributed by atoms with E-state index in [1.807, 2.05) is 12.1 Å². The van der Waals surface area contributed by atoms with Crippen LogP contribution in [0, 0.1) is 5.92 Å². The van der Waals surface area contributed by atoms with Gasteiger partial charge in [-0.05, 0) is 43.2 Å². The third-order valence-corrected chi connectivity index (χ3v) is 5.47. The van der Waals surface area contributed by atoms with Crippen LogP contribution in [0.5, 0.6) is 0 Å². The molecule has 1 aliphatic carbocycles. The minimum Gasteiger partial charge on any atom is -0.325 e. The van der Waals surface area contributed by atoms with E-state index in [0.29, 0.717) is 10.0 Å². The van der Waals surface area contributed by atoms with Crippen molar-refractivity contribution in [2.24, 2.45) is 11.7 Å². The van der Waals surface area contributed by atoms with Crippen LogP contribution in [0.2, 0.25) is 10.0 Å². The maximum Gasteiger partial charge on any atom is 0.0624 e. The van der Waals surface area contributed by atoms with Crippen LogP contribution < -0.4 is 5.73 Å². The van der Waals surface area contributed by atoms with E-state index >= 15 is 0 Å². The molecule has 1 saturated carbocycles. The van der Waals surface area contributed by atoms with Gasteiger partial charge in [-0.2, -0.15) is 0 Å². The quantitative estimate of drug-likeness (QED) is 0.718. The maximum atomic E-state index is 6.67. The Labute approximate surface area is 132 Å². The predicted molar refractivity (Wildman–Crippen MR) is 88.6 cm³/mol. The van der Waals surface area contributed by atoms with Gasteiger partial charge in [0.1, 0.15) is 0 Å². The highest BCUT2D eigenvalue weighted by Gasteiger charge is 2.30. The highest BCUT2D eigenvalue weighted by Crippen LogP contribution is 2.35. The lowest BCUT2D eigenvalue weighted by molar-refractivity contribution is 0.355. The molecule has 0 spiro atoms. The molecule has 2 rings (SSSR count). The van der Waals surface area contributed by atoms with Gasteiger partial charge in [0.15, 0.2) is 0 Å². The summed E-state index contributed by atoms with van der Waals surface area (Å²) < 4.78 is 0. The summed E-state index contributed by atoms with van der Waals surface area (Å²) in [7, 11) is 0. The highest BCUT2D eigenvalue weighted by atomic mass is 35.5. The van der Waals surface area contributed by atoms with Gasteiger partial charge in [-0.25, -0.2) is 0 Å². The molecule has 2 atom stereocenters. The molecule has 2 unspecified atom stereocenters. The molecule has 20 heavy (non-hydrogen) atoms. The van der Waals surface area contributed by atoms with Crippen LogP contribution in [0.3, 0.4) is 0 Å². The van der Waals surface area contributed by atoms with Crippen molar-refractivity contribution in [1.29, 1.82) is 0 Å². The molecule has 1 aromatic carbocycles. The number of hydrogen-bond acceptors (Lipinski definition) is 1. The van der Waals surface area contributed by atoms with Crippen LogP contribution in [0.1, 0.15) is 57.4 Å². The summed E-state index contributed by atoms with van der Waals surface area (Å²) in [6.07, 6.45) is 9.47. The van der Waals surface area contributed by atoms with Crippen molar-refractivity contribution in [2.45, 2.75) is 63.8 Å². The van der Waals surface area contributed by atoms with E-state index in [0.717, 1.165) is 30.7 Å². The molecular formula is C17H25Cl2N. The van der Waals surface area contributed by atoms with Crippen molar-refractivity contribution < 1.29 is 0 Å². The van der Waals surface area contributed by atoms with Crippen molar-refractivity contribution in [3.05, 3.63) is 33.8 Å². The van der Waals surface area contributed by atoms with Crippen LogP contribution in [-0.2, 0) is 6.42 Å². The van der Waals surface area contributed by atoms with Crippen LogP contribution in [-0.4, -0.2) is 5.54 Å². The molecule has 1 fully saturated rings. The second-order valence-electron chi connectivity index (χ2n) is 6.34. The average molecular weight is 314 g/mol. The third-order valence-electron chi connectivity index (χ3n) is 4.61. The highest BCUT2D eigenvalue weighted by molar-refractivity contribution is 6.42. The zero-order chi connectivity index (χ0) is 14.6. The average Bonchev–Trinajstić information content (AvgIpc) is 2.59. The van der Waals surface area contributed by atoms with E-state index < -0.39 is 0 Å². The summed E-state index contributed by atoms with van der Waals surface area (Å²) in [6, 6.07) is 5.85. The van der Waals surface area contributed by atoms with Gasteiger partial charge in [0.05, 0.1) is 10.0 Å². The van der Waals surface area contributed by atoms with Gasteiger partial charge in [0.2, 0.25) is 0 Å². The lowest BCUT2D eigenvalue weighted by atomic mass is 9.84. The van der Waals surface area contributed by atoms with Crippen molar-refractivity contribution in [1.82, 2.24) is 0 Å². The first-order valence-electron chi connectivity index (χ1n) is 7.76. The molecule has 1 nitrogen and oxygen atoms in total. The first kappa shape index (κ1) is 16.1. The number of benzene rings is 1. The van der Waals surface area contributed by atoms with Crippen LogP contribution in [0.4, 0.5) is 0 Å². The molecule has 0 radical (unpaired) electrons. The second kappa shape index (κ2) is 7.15. The normalized spacial score (nSPS) is 27.3. The molecule has 0 bridgehead atoms. The Kier molecular flexibility index (Phi) is 5.77. The van der Waals surface area contributed by atoms with Crippen LogP contribution in [0.25, 0.3) is 0 Å². The fraction of sp³-hybridized carbons (Fsp3) is 0.647. The molecule has 3 heteroatoms. The standard InChI is InChI=1S/C17H25Cl2N/c1-2-5-13-6-4-10-17(20,11-9-13)12-14-7-3-8-15(18)16(14)19/h3,7-8,13H,2,4-6,9-12,20H2,1H3. The zero-order valence-electron chi connectivity index (χ0n) is 12.3. The molecule has 0 heterocycles. The Morgan fingerprint density at radius 3 is 2.80 bits per heavy atom. The van der Waals surface area contributed by atoms with Crippen molar-refractivity contribution >= 4 is 23.2 Å². The second-order valence-corrected chi connectivity index (χ2v) is 7.12. The number of halogens is 2. The monoisotopic (exact) mass is 313 g/mol. The van der Waals surface area contributed by atoms with Gasteiger partial charge in [-0.15, -0.1) is 0 Å². The summed E-state index contributed by atoms with van der Waals surface area (Å²) in [5.41, 5.74) is 7.65. The SMILES string of the molecule is CCCC1CCCC(N)(Cc2cccc(Cl)c2Cl)CC1. The van der Waals surface area contributed by atoms with Gasteiger partial charge in [-0.3, -0.25) is 0 Å². The summed E-state index contributed by atoms with van der Waals surface area (Å²) in [5, 5.41) is 1.30. The maximum absolute atomic E-state index is 6.67. The van der Waals surface area contributed by atoms with Crippen LogP contribution >= 0.6 is 23.2 Å². The molecule has 1 aromatic rings. The van der Waals surface area contributed by atoms with Gasteiger partial charge < -0.3 is 5.73 Å². The first-order valence-corrected chi connectivity index (χ1v) is 8.51.